The Balaban J connectivity index is 1.87. The van der Waals surface area contributed by atoms with Crippen molar-refractivity contribution in [2.24, 2.45) is 5.11 Å². The number of nitrogens with zero attached hydrogens (tertiary/aromatic N) is 4. The number of nitrogens with one attached hydrogen (secondary N) is 1. The minimum atomic E-state index is -1.20. The van der Waals surface area contributed by atoms with Crippen LogP contribution in [-0.4, -0.2) is 43.7 Å². The molecule has 1 atom stereocenters. The minimum absolute atomic E-state index is 0.0332. The molecule has 0 radical (unpaired) electrons. The van der Waals surface area contributed by atoms with Gasteiger partial charge in [-0.25, -0.2) is 9.59 Å². The summed E-state index contributed by atoms with van der Waals surface area (Å²) in [5.41, 5.74) is 1.32. The number of rotatable bonds is 5. The zero-order chi connectivity index (χ0) is 22.1. The lowest BCUT2D eigenvalue weighted by Gasteiger charge is -2.04. The first kappa shape index (κ1) is 20.3. The van der Waals surface area contributed by atoms with Gasteiger partial charge in [-0.3, -0.25) is 14.7 Å². The molecular weight excluding hydrogens is 422 g/mol. The van der Waals surface area contributed by atoms with Crippen LogP contribution in [0.25, 0.3) is 17.2 Å². The van der Waals surface area contributed by atoms with Crippen LogP contribution in [0.4, 0.5) is 11.4 Å². The number of hydrogen-bond donors (Lipinski definition) is 1. The molecule has 0 aliphatic carbocycles. The van der Waals surface area contributed by atoms with Gasteiger partial charge in [0.05, 0.1) is 22.6 Å². The Bertz CT molecular complexity index is 1340. The SMILES string of the molecule is CCOC(=O)C1N=[N+](c2ccccc2)C(=O)C1=Cn1c(=S)[nH]c2ccc([N+](=O)[O-])cc21. The van der Waals surface area contributed by atoms with Gasteiger partial charge in [0, 0.05) is 30.5 Å². The van der Waals surface area contributed by atoms with Gasteiger partial charge < -0.3 is 9.72 Å². The average molecular weight is 438 g/mol. The van der Waals surface area contributed by atoms with Crippen LogP contribution >= 0.6 is 12.2 Å². The number of benzene rings is 2. The van der Waals surface area contributed by atoms with E-state index >= 15 is 0 Å². The van der Waals surface area contributed by atoms with Gasteiger partial charge in [-0.1, -0.05) is 18.2 Å². The summed E-state index contributed by atoms with van der Waals surface area (Å²) in [5, 5.41) is 15.4. The molecule has 1 aliphatic rings. The Hall–Kier alpha value is -3.99. The van der Waals surface area contributed by atoms with E-state index in [-0.39, 0.29) is 22.6 Å². The maximum Gasteiger partial charge on any atom is 0.450 e. The first-order chi connectivity index (χ1) is 14.9. The smallest absolute Gasteiger partial charge is 0.450 e. The van der Waals surface area contributed by atoms with Crippen molar-refractivity contribution >= 4 is 52.7 Å². The number of H-pyrrole nitrogens is 1. The van der Waals surface area contributed by atoms with Crippen LogP contribution in [0.2, 0.25) is 0 Å². The Labute approximate surface area is 180 Å². The molecule has 2 aromatic carbocycles. The van der Waals surface area contributed by atoms with Crippen molar-refractivity contribution in [3.05, 3.63) is 69.0 Å². The van der Waals surface area contributed by atoms with Crippen molar-refractivity contribution in [1.29, 1.82) is 0 Å². The molecule has 10 nitrogen and oxygen atoms in total. The lowest BCUT2D eigenvalue weighted by atomic mass is 10.1. The molecule has 31 heavy (non-hydrogen) atoms. The molecular formula is C20H16N5O5S+. The van der Waals surface area contributed by atoms with Crippen molar-refractivity contribution in [3.63, 3.8) is 0 Å². The number of aromatic nitrogens is 2. The third-order valence-corrected chi connectivity index (χ3v) is 4.95. The zero-order valence-corrected chi connectivity index (χ0v) is 17.0. The molecule has 2 heterocycles. The molecule has 0 fully saturated rings. The van der Waals surface area contributed by atoms with Gasteiger partial charge in [0.2, 0.25) is 11.7 Å². The lowest BCUT2D eigenvalue weighted by Crippen LogP contribution is -2.23. The predicted octanol–water partition coefficient (Wildman–Crippen LogP) is 3.72. The van der Waals surface area contributed by atoms with Crippen LogP contribution in [0, 0.1) is 14.9 Å². The Morgan fingerprint density at radius 3 is 2.77 bits per heavy atom. The number of nitro groups is 1. The predicted molar refractivity (Wildman–Crippen MR) is 112 cm³/mol. The summed E-state index contributed by atoms with van der Waals surface area (Å²) < 4.78 is 7.85. The molecule has 1 unspecified atom stereocenters. The van der Waals surface area contributed by atoms with Crippen LogP contribution in [0.3, 0.4) is 0 Å². The quantitative estimate of drug-likeness (QED) is 0.162. The van der Waals surface area contributed by atoms with Gasteiger partial charge in [-0.15, -0.1) is 0 Å². The summed E-state index contributed by atoms with van der Waals surface area (Å²) in [7, 11) is 0. The van der Waals surface area contributed by atoms with Crippen LogP contribution in [-0.2, 0) is 14.3 Å². The van der Waals surface area contributed by atoms with E-state index in [2.05, 4.69) is 10.1 Å². The number of aromatic amines is 1. The number of nitro benzene ring substituents is 1. The highest BCUT2D eigenvalue weighted by Crippen LogP contribution is 2.28. The second kappa shape index (κ2) is 8.03. The van der Waals surface area contributed by atoms with E-state index in [1.54, 1.807) is 37.3 Å². The number of esters is 1. The van der Waals surface area contributed by atoms with E-state index in [1.165, 1.54) is 29.0 Å². The topological polar surface area (TPSA) is 123 Å². The summed E-state index contributed by atoms with van der Waals surface area (Å²) in [6.07, 6.45) is 1.38. The number of azo groups is 2. The number of ether oxygens (including phenoxy) is 1. The second-order valence-corrected chi connectivity index (χ2v) is 6.95. The highest BCUT2D eigenvalue weighted by Gasteiger charge is 2.46. The molecule has 1 N–H and O–H groups in total. The summed E-state index contributed by atoms with van der Waals surface area (Å²) in [5.74, 6) is -1.20. The fourth-order valence-corrected chi connectivity index (χ4v) is 3.50. The van der Waals surface area contributed by atoms with Crippen molar-refractivity contribution in [3.8, 4) is 0 Å². The monoisotopic (exact) mass is 438 g/mol. The van der Waals surface area contributed by atoms with E-state index in [0.29, 0.717) is 16.7 Å². The lowest BCUT2D eigenvalue weighted by molar-refractivity contribution is -0.423. The normalized spacial score (nSPS) is 17.2. The van der Waals surface area contributed by atoms with E-state index in [0.717, 1.165) is 4.70 Å². The molecule has 4 rings (SSSR count). The van der Waals surface area contributed by atoms with Gasteiger partial charge in [0.1, 0.15) is 5.57 Å². The Morgan fingerprint density at radius 1 is 1.35 bits per heavy atom. The van der Waals surface area contributed by atoms with Gasteiger partial charge in [-0.2, -0.15) is 0 Å². The van der Waals surface area contributed by atoms with Gasteiger partial charge in [-0.05, 0) is 35.0 Å². The molecule has 1 aliphatic heterocycles. The number of carbonyl (C=O) groups is 2. The van der Waals surface area contributed by atoms with E-state index in [1.807, 2.05) is 0 Å². The molecule has 0 spiro atoms. The minimum Gasteiger partial charge on any atom is -0.464 e. The Morgan fingerprint density at radius 2 is 2.10 bits per heavy atom. The number of amides is 1. The first-order valence-electron chi connectivity index (χ1n) is 9.28. The highest BCUT2D eigenvalue weighted by atomic mass is 32.1. The van der Waals surface area contributed by atoms with E-state index < -0.39 is 22.8 Å². The summed E-state index contributed by atoms with van der Waals surface area (Å²) in [6.45, 7) is 1.78. The molecule has 0 bridgehead atoms. The van der Waals surface area contributed by atoms with Crippen LogP contribution in [0.5, 0.6) is 0 Å². The standard InChI is InChI=1S/C20H15N5O5S/c1-2-30-19(27)17-14(18(26)24(22-17)12-6-4-3-5-7-12)11-23-16-10-13(25(28)29)8-9-15(16)21-20(23)31/h3-11,17H,2H2,1H3/p+1. The van der Waals surface area contributed by atoms with Crippen molar-refractivity contribution < 1.29 is 23.9 Å². The van der Waals surface area contributed by atoms with Gasteiger partial charge >= 0.3 is 11.9 Å². The van der Waals surface area contributed by atoms with Gasteiger partial charge in [0.15, 0.2) is 4.77 Å². The van der Waals surface area contributed by atoms with E-state index in [9.17, 15) is 19.7 Å². The fraction of sp³-hybridized carbons (Fsp3) is 0.150. The highest BCUT2D eigenvalue weighted by molar-refractivity contribution is 7.71. The zero-order valence-electron chi connectivity index (χ0n) is 16.2. The van der Waals surface area contributed by atoms with Gasteiger partial charge in [0.25, 0.3) is 5.69 Å². The van der Waals surface area contributed by atoms with Crippen molar-refractivity contribution in [2.75, 3.05) is 6.61 Å². The summed E-state index contributed by atoms with van der Waals surface area (Å²) >= 11 is 5.33. The van der Waals surface area contributed by atoms with Crippen LogP contribution in [0.15, 0.2) is 59.2 Å². The number of imidazole rings is 1. The first-order valence-corrected chi connectivity index (χ1v) is 9.68. The molecule has 0 saturated heterocycles. The molecule has 1 amide bonds. The number of hydrogen-bond acceptors (Lipinski definition) is 7. The molecule has 11 heteroatoms. The summed E-state index contributed by atoms with van der Waals surface area (Å²) in [6, 6.07) is 11.7. The number of carbonyl (C=O) groups excluding carboxylic acids is 2. The third-order valence-electron chi connectivity index (χ3n) is 4.66. The molecule has 1 aromatic heterocycles. The fourth-order valence-electron chi connectivity index (χ4n) is 3.23. The number of non-ortho nitro benzene ring substituents is 1. The maximum absolute atomic E-state index is 13.2. The molecule has 0 saturated carbocycles. The van der Waals surface area contributed by atoms with Crippen LogP contribution < -0.4 is 0 Å². The Kier molecular flexibility index (Phi) is 5.26. The average Bonchev–Trinajstić information content (AvgIpc) is 3.25. The number of para-hydroxylation sites is 1. The summed E-state index contributed by atoms with van der Waals surface area (Å²) in [4.78, 5) is 39.3. The molecule has 156 valence electrons. The second-order valence-electron chi connectivity index (χ2n) is 6.57. The van der Waals surface area contributed by atoms with Crippen molar-refractivity contribution in [1.82, 2.24) is 9.55 Å². The number of fused-ring (bicyclic) bond motifs is 1. The van der Waals surface area contributed by atoms with E-state index in [4.69, 9.17) is 17.0 Å². The van der Waals surface area contributed by atoms with Crippen LogP contribution in [0.1, 0.15) is 6.92 Å². The maximum atomic E-state index is 13.2. The largest absolute Gasteiger partial charge is 0.464 e. The third kappa shape index (κ3) is 3.66. The molecule has 3 aromatic rings. The van der Waals surface area contributed by atoms with Crippen molar-refractivity contribution in [2.45, 2.75) is 13.0 Å².